The lowest BCUT2D eigenvalue weighted by molar-refractivity contribution is 0.243. The van der Waals surface area contributed by atoms with Gasteiger partial charge in [0.25, 0.3) is 0 Å². The first kappa shape index (κ1) is 12.8. The number of hydrogen-bond donors (Lipinski definition) is 2. The van der Waals surface area contributed by atoms with E-state index in [4.69, 9.17) is 4.74 Å². The summed E-state index contributed by atoms with van der Waals surface area (Å²) >= 11 is 0. The Morgan fingerprint density at radius 2 is 2.16 bits per heavy atom. The Labute approximate surface area is 114 Å². The zero-order valence-corrected chi connectivity index (χ0v) is 11.5. The second kappa shape index (κ2) is 5.39. The maximum atomic E-state index is 10.3. The van der Waals surface area contributed by atoms with Crippen molar-refractivity contribution in [2.45, 2.75) is 19.8 Å². The van der Waals surface area contributed by atoms with Crippen LogP contribution in [0.5, 0.6) is 11.5 Å². The number of aryl methyl sites for hydroxylation is 1. The van der Waals surface area contributed by atoms with Gasteiger partial charge >= 0.3 is 0 Å². The summed E-state index contributed by atoms with van der Waals surface area (Å²) in [6, 6.07) is 1.96. The highest BCUT2D eigenvalue weighted by atomic mass is 16.5. The van der Waals surface area contributed by atoms with Gasteiger partial charge in [0.1, 0.15) is 11.5 Å². The van der Waals surface area contributed by atoms with Gasteiger partial charge in [-0.05, 0) is 25.0 Å². The fourth-order valence-corrected chi connectivity index (χ4v) is 3.02. The molecule has 4 heteroatoms. The molecule has 3 rings (SSSR count). The summed E-state index contributed by atoms with van der Waals surface area (Å²) < 4.78 is 5.63. The minimum atomic E-state index is 0.472. The third-order valence-electron chi connectivity index (χ3n) is 4.17. The zero-order valence-electron chi connectivity index (χ0n) is 11.5. The van der Waals surface area contributed by atoms with E-state index in [-0.39, 0.29) is 0 Å². The predicted octanol–water partition coefficient (Wildman–Crippen LogP) is 1.08. The molecule has 0 spiro atoms. The van der Waals surface area contributed by atoms with E-state index < -0.39 is 0 Å². The molecule has 1 aromatic rings. The maximum Gasteiger partial charge on any atom is 0.123 e. The first-order valence-electron chi connectivity index (χ1n) is 7.16. The van der Waals surface area contributed by atoms with Crippen LogP contribution in [0.15, 0.2) is 6.07 Å². The van der Waals surface area contributed by atoms with Crippen LogP contribution in [0.2, 0.25) is 0 Å². The van der Waals surface area contributed by atoms with Crippen LogP contribution < -0.4 is 10.1 Å². The highest BCUT2D eigenvalue weighted by Crippen LogP contribution is 2.37. The standard InChI is InChI=1S/C15H22N2O2/c1-11-10-14-12(3-9-19-14)13(15(11)18)2-6-17-7-4-16-5-8-17/h10,16,18H,2-9H2,1H3. The summed E-state index contributed by atoms with van der Waals surface area (Å²) in [5, 5.41) is 13.7. The van der Waals surface area contributed by atoms with Crippen molar-refractivity contribution in [2.75, 3.05) is 39.3 Å². The second-order valence-electron chi connectivity index (χ2n) is 5.44. The van der Waals surface area contributed by atoms with E-state index in [2.05, 4.69) is 10.2 Å². The van der Waals surface area contributed by atoms with Crippen LogP contribution in [-0.2, 0) is 12.8 Å². The molecule has 0 aromatic heterocycles. The average Bonchev–Trinajstić information content (AvgIpc) is 2.88. The largest absolute Gasteiger partial charge is 0.507 e. The Morgan fingerprint density at radius 3 is 2.95 bits per heavy atom. The van der Waals surface area contributed by atoms with E-state index in [1.807, 2.05) is 13.0 Å². The second-order valence-corrected chi connectivity index (χ2v) is 5.44. The molecular weight excluding hydrogens is 240 g/mol. The van der Waals surface area contributed by atoms with Crippen LogP contribution in [-0.4, -0.2) is 49.3 Å². The molecule has 1 fully saturated rings. The molecule has 1 aromatic carbocycles. The Kier molecular flexibility index (Phi) is 3.62. The number of ether oxygens (including phenoxy) is 1. The number of phenols is 1. The van der Waals surface area contributed by atoms with Crippen molar-refractivity contribution in [1.29, 1.82) is 0 Å². The van der Waals surface area contributed by atoms with Crippen molar-refractivity contribution < 1.29 is 9.84 Å². The molecule has 2 heterocycles. The van der Waals surface area contributed by atoms with Gasteiger partial charge in [-0.1, -0.05) is 0 Å². The smallest absolute Gasteiger partial charge is 0.123 e. The van der Waals surface area contributed by atoms with E-state index in [1.165, 1.54) is 5.56 Å². The average molecular weight is 262 g/mol. The summed E-state index contributed by atoms with van der Waals surface area (Å²) in [4.78, 5) is 2.46. The number of nitrogens with one attached hydrogen (secondary N) is 1. The minimum Gasteiger partial charge on any atom is -0.507 e. The molecule has 2 aliphatic heterocycles. The number of piperazine rings is 1. The van der Waals surface area contributed by atoms with Gasteiger partial charge in [0.15, 0.2) is 0 Å². The molecular formula is C15H22N2O2. The summed E-state index contributed by atoms with van der Waals surface area (Å²) in [5.41, 5.74) is 3.25. The van der Waals surface area contributed by atoms with Gasteiger partial charge < -0.3 is 20.1 Å². The third kappa shape index (κ3) is 2.55. The maximum absolute atomic E-state index is 10.3. The van der Waals surface area contributed by atoms with Gasteiger partial charge in [-0.25, -0.2) is 0 Å². The topological polar surface area (TPSA) is 44.7 Å². The molecule has 0 aliphatic carbocycles. The van der Waals surface area contributed by atoms with E-state index >= 15 is 0 Å². The zero-order chi connectivity index (χ0) is 13.2. The molecule has 0 bridgehead atoms. The van der Waals surface area contributed by atoms with E-state index in [9.17, 15) is 5.11 Å². The lowest BCUT2D eigenvalue weighted by Crippen LogP contribution is -2.44. The number of phenolic OH excluding ortho intramolecular Hbond substituents is 1. The highest BCUT2D eigenvalue weighted by molar-refractivity contribution is 5.54. The number of fused-ring (bicyclic) bond motifs is 1. The summed E-state index contributed by atoms with van der Waals surface area (Å²) in [7, 11) is 0. The number of rotatable bonds is 3. The van der Waals surface area contributed by atoms with Crippen LogP contribution in [0.4, 0.5) is 0 Å². The number of aromatic hydroxyl groups is 1. The Morgan fingerprint density at radius 1 is 1.37 bits per heavy atom. The Bertz CT molecular complexity index is 468. The summed E-state index contributed by atoms with van der Waals surface area (Å²) in [5.74, 6) is 1.45. The molecule has 0 unspecified atom stereocenters. The third-order valence-corrected chi connectivity index (χ3v) is 4.17. The van der Waals surface area contributed by atoms with Crippen LogP contribution in [0, 0.1) is 6.92 Å². The van der Waals surface area contributed by atoms with Crippen molar-refractivity contribution in [3.05, 3.63) is 22.8 Å². The monoisotopic (exact) mass is 262 g/mol. The number of hydrogen-bond acceptors (Lipinski definition) is 4. The normalized spacial score (nSPS) is 19.2. The van der Waals surface area contributed by atoms with Gasteiger partial charge in [-0.2, -0.15) is 0 Å². The predicted molar refractivity (Wildman–Crippen MR) is 75.1 cm³/mol. The van der Waals surface area contributed by atoms with Crippen LogP contribution in [0.25, 0.3) is 0 Å². The number of nitrogens with zero attached hydrogens (tertiary/aromatic N) is 1. The van der Waals surface area contributed by atoms with Crippen molar-refractivity contribution in [1.82, 2.24) is 10.2 Å². The van der Waals surface area contributed by atoms with Crippen molar-refractivity contribution in [2.24, 2.45) is 0 Å². The SMILES string of the molecule is Cc1cc2c(c(CCN3CCNCC3)c1O)CCO2. The van der Waals surface area contributed by atoms with Gasteiger partial charge in [0.05, 0.1) is 6.61 Å². The fraction of sp³-hybridized carbons (Fsp3) is 0.600. The minimum absolute atomic E-state index is 0.472. The van der Waals surface area contributed by atoms with Crippen molar-refractivity contribution >= 4 is 0 Å². The lowest BCUT2D eigenvalue weighted by Gasteiger charge is -2.27. The van der Waals surface area contributed by atoms with Crippen LogP contribution >= 0.6 is 0 Å². The quantitative estimate of drug-likeness (QED) is 0.856. The summed E-state index contributed by atoms with van der Waals surface area (Å²) in [6.07, 6.45) is 1.85. The fourth-order valence-electron chi connectivity index (χ4n) is 3.02. The first-order valence-corrected chi connectivity index (χ1v) is 7.16. The molecule has 0 atom stereocenters. The van der Waals surface area contributed by atoms with Gasteiger partial charge in [0.2, 0.25) is 0 Å². The van der Waals surface area contributed by atoms with Gasteiger partial charge in [0, 0.05) is 50.3 Å². The summed E-state index contributed by atoms with van der Waals surface area (Å²) in [6.45, 7) is 8.06. The Balaban J connectivity index is 1.76. The molecule has 104 valence electrons. The molecule has 1 saturated heterocycles. The van der Waals surface area contributed by atoms with Gasteiger partial charge in [-0.15, -0.1) is 0 Å². The molecule has 19 heavy (non-hydrogen) atoms. The van der Waals surface area contributed by atoms with E-state index in [0.717, 1.165) is 69.0 Å². The highest BCUT2D eigenvalue weighted by Gasteiger charge is 2.21. The molecule has 0 radical (unpaired) electrons. The Hall–Kier alpha value is -1.26. The van der Waals surface area contributed by atoms with E-state index in [1.54, 1.807) is 0 Å². The molecule has 2 N–H and O–H groups in total. The molecule has 2 aliphatic rings. The first-order chi connectivity index (χ1) is 9.25. The van der Waals surface area contributed by atoms with Crippen LogP contribution in [0.3, 0.4) is 0 Å². The lowest BCUT2D eigenvalue weighted by atomic mass is 9.98. The van der Waals surface area contributed by atoms with Gasteiger partial charge in [-0.3, -0.25) is 0 Å². The molecule has 0 amide bonds. The van der Waals surface area contributed by atoms with Crippen LogP contribution in [0.1, 0.15) is 16.7 Å². The van der Waals surface area contributed by atoms with E-state index in [0.29, 0.717) is 5.75 Å². The van der Waals surface area contributed by atoms with Crippen molar-refractivity contribution in [3.8, 4) is 11.5 Å². The molecule has 4 nitrogen and oxygen atoms in total. The van der Waals surface area contributed by atoms with Crippen molar-refractivity contribution in [3.63, 3.8) is 0 Å². The number of benzene rings is 1. The molecule has 0 saturated carbocycles.